The summed E-state index contributed by atoms with van der Waals surface area (Å²) >= 11 is 0. The number of carbonyl (C=O) groups is 5. The number of hydrogen-bond donors (Lipinski definition) is 1. The maximum Gasteiger partial charge on any atom is 0.340 e. The van der Waals surface area contributed by atoms with E-state index in [0.717, 1.165) is 24.3 Å². The van der Waals surface area contributed by atoms with Crippen molar-refractivity contribution in [3.8, 4) is 6.07 Å². The van der Waals surface area contributed by atoms with Crippen LogP contribution >= 0.6 is 8.38 Å². The van der Waals surface area contributed by atoms with Gasteiger partial charge in [-0.1, -0.05) is 18.2 Å². The molecule has 14 nitrogen and oxygen atoms in total. The first kappa shape index (κ1) is 52.0. The molecule has 3 aromatic carbocycles. The minimum absolute atomic E-state index is 0.0530. The van der Waals surface area contributed by atoms with Gasteiger partial charge in [0.05, 0.1) is 29.4 Å². The van der Waals surface area contributed by atoms with E-state index in [1.807, 2.05) is 0 Å². The van der Waals surface area contributed by atoms with E-state index in [4.69, 9.17) is 18.5 Å². The van der Waals surface area contributed by atoms with E-state index in [9.17, 15) is 46.8 Å². The molecule has 3 aromatic rings. The first-order valence-electron chi connectivity index (χ1n) is 22.0. The number of amides is 3. The molecule has 0 aromatic heterocycles. The van der Waals surface area contributed by atoms with Crippen molar-refractivity contribution in [2.24, 2.45) is 16.7 Å². The van der Waals surface area contributed by atoms with E-state index in [1.165, 1.54) is 39.0 Å². The standard InChI is InChI=1S/C47H54F6N5O9P/c1-45(2,3)43(62)64-25-66-68(67-26-65-44(63)46(4,5)6)47(52,53)32-10-9-27-7-8-28(15-29(27)16-32)40(59)55-37-23-56(24-39(50)51)14-13-35-11-12-38(58(35)41(37)60)42(61)57-21-31(20-54)36(22-57)30-17-33(48)19-34(49)18-30/h7-10,15-19,31,35-39H,11-14,21-26H2,1-6H3,(H,55,59)/t31-,35+,36+,37-,38-/m0/s1. The number of likely N-dealkylation sites (tertiary alicyclic amines) is 1. The summed E-state index contributed by atoms with van der Waals surface area (Å²) in [5.74, 6) is -6.75. The van der Waals surface area contributed by atoms with E-state index in [2.05, 4.69) is 11.4 Å². The number of nitrogens with one attached hydrogen (secondary N) is 1. The highest BCUT2D eigenvalue weighted by Crippen LogP contribution is 2.60. The molecule has 3 amide bonds. The van der Waals surface area contributed by atoms with Crippen LogP contribution in [0.2, 0.25) is 0 Å². The van der Waals surface area contributed by atoms with Gasteiger partial charge in [-0.2, -0.15) is 14.0 Å². The second-order valence-corrected chi connectivity index (χ2v) is 20.8. The van der Waals surface area contributed by atoms with Gasteiger partial charge in [-0.05, 0) is 107 Å². The number of alkyl halides is 4. The van der Waals surface area contributed by atoms with Crippen LogP contribution in [0, 0.1) is 39.7 Å². The van der Waals surface area contributed by atoms with Crippen LogP contribution in [0.3, 0.4) is 0 Å². The summed E-state index contributed by atoms with van der Waals surface area (Å²) in [4.78, 5) is 71.7. The third kappa shape index (κ3) is 12.3. The van der Waals surface area contributed by atoms with Gasteiger partial charge < -0.3 is 24.6 Å². The van der Waals surface area contributed by atoms with E-state index in [1.54, 1.807) is 41.5 Å². The van der Waals surface area contributed by atoms with Crippen molar-refractivity contribution in [3.05, 3.63) is 82.9 Å². The van der Waals surface area contributed by atoms with Crippen molar-refractivity contribution in [3.63, 3.8) is 0 Å². The number of halogens is 6. The summed E-state index contributed by atoms with van der Waals surface area (Å²) in [6.45, 7) is 6.42. The lowest BCUT2D eigenvalue weighted by molar-refractivity contribution is -0.162. The lowest BCUT2D eigenvalue weighted by atomic mass is 9.90. The minimum atomic E-state index is -3.92. The molecule has 3 fully saturated rings. The highest BCUT2D eigenvalue weighted by Gasteiger charge is 2.49. The fourth-order valence-corrected chi connectivity index (χ4v) is 9.46. The van der Waals surface area contributed by atoms with Crippen LogP contribution in [0.15, 0.2) is 54.6 Å². The predicted octanol–water partition coefficient (Wildman–Crippen LogP) is 7.80. The predicted molar refractivity (Wildman–Crippen MR) is 235 cm³/mol. The normalized spacial score (nSPS) is 21.7. The zero-order valence-electron chi connectivity index (χ0n) is 38.4. The molecule has 368 valence electrons. The van der Waals surface area contributed by atoms with Crippen molar-refractivity contribution in [2.45, 2.75) is 96.9 Å². The Balaban J connectivity index is 1.23. The molecule has 0 radical (unpaired) electrons. The minimum Gasteiger partial charge on any atom is -0.438 e. The lowest BCUT2D eigenvalue weighted by Crippen LogP contribution is -2.61. The summed E-state index contributed by atoms with van der Waals surface area (Å²) in [6, 6.07) is 9.66. The van der Waals surface area contributed by atoms with Crippen LogP contribution in [-0.2, 0) is 43.4 Å². The average Bonchev–Trinajstić information content (AvgIpc) is 3.89. The van der Waals surface area contributed by atoms with Crippen LogP contribution in [0.5, 0.6) is 0 Å². The molecule has 0 saturated carbocycles. The van der Waals surface area contributed by atoms with Gasteiger partial charge >= 0.3 is 17.6 Å². The molecule has 1 N–H and O–H groups in total. The molecule has 68 heavy (non-hydrogen) atoms. The number of esters is 2. The van der Waals surface area contributed by atoms with Gasteiger partial charge in [-0.25, -0.2) is 17.6 Å². The number of benzene rings is 3. The monoisotopic (exact) mass is 977 g/mol. The van der Waals surface area contributed by atoms with Gasteiger partial charge in [-0.3, -0.25) is 37.9 Å². The van der Waals surface area contributed by atoms with E-state index in [0.29, 0.717) is 17.9 Å². The molecule has 6 rings (SSSR count). The third-order valence-corrected chi connectivity index (χ3v) is 13.4. The molecule has 3 aliphatic heterocycles. The van der Waals surface area contributed by atoms with Crippen LogP contribution in [-0.4, -0.2) is 115 Å². The molecule has 0 aliphatic carbocycles. The summed E-state index contributed by atoms with van der Waals surface area (Å²) < 4.78 is 109. The number of rotatable bonds is 14. The topological polar surface area (TPSA) is 168 Å². The molecule has 3 aliphatic rings. The van der Waals surface area contributed by atoms with Gasteiger partial charge in [0.15, 0.2) is 13.6 Å². The number of carbonyl (C=O) groups excluding carboxylic acids is 5. The Labute approximate surface area is 391 Å². The molecule has 21 heteroatoms. The SMILES string of the molecule is CC(C)(C)C(=O)OCOP(OCOC(=O)C(C)(C)C)C(F)(F)c1ccc2ccc(C(=O)N[C@H]3CN(CC(F)F)CC[C@H]4CC[C@@H](C(=O)N5C[C@H](c6cc(F)cc(F)c6)[C@@H](C#N)C5)N4C3=O)cc2c1. The number of fused-ring (bicyclic) bond motifs is 2. The van der Waals surface area contributed by atoms with Crippen molar-refractivity contribution in [1.82, 2.24) is 20.0 Å². The van der Waals surface area contributed by atoms with Crippen molar-refractivity contribution >= 4 is 48.8 Å². The summed E-state index contributed by atoms with van der Waals surface area (Å²) in [7, 11) is -3.29. The molecular weight excluding hydrogens is 924 g/mol. The fraction of sp³-hybridized carbons (Fsp3) is 0.532. The van der Waals surface area contributed by atoms with Crippen LogP contribution in [0.1, 0.15) is 88.2 Å². The first-order chi connectivity index (χ1) is 31.9. The summed E-state index contributed by atoms with van der Waals surface area (Å²) in [6.07, 6.45) is -2.01. The summed E-state index contributed by atoms with van der Waals surface area (Å²) in [5.41, 5.74) is -6.41. The highest BCUT2D eigenvalue weighted by atomic mass is 31.2. The van der Waals surface area contributed by atoms with Gasteiger partial charge in [0.25, 0.3) is 20.7 Å². The Kier molecular flexibility index (Phi) is 16.2. The zero-order valence-corrected chi connectivity index (χ0v) is 39.3. The molecule has 3 heterocycles. The molecule has 0 bridgehead atoms. The number of hydrogen-bond acceptors (Lipinski definition) is 11. The largest absolute Gasteiger partial charge is 0.438 e. The Bertz CT molecular complexity index is 2380. The first-order valence-corrected chi connectivity index (χ1v) is 23.2. The van der Waals surface area contributed by atoms with Gasteiger partial charge in [0, 0.05) is 55.3 Å². The molecule has 3 saturated heterocycles. The molecule has 5 atom stereocenters. The lowest BCUT2D eigenvalue weighted by Gasteiger charge is -2.39. The van der Waals surface area contributed by atoms with Crippen molar-refractivity contribution in [1.29, 1.82) is 5.26 Å². The maximum atomic E-state index is 16.4. The summed E-state index contributed by atoms with van der Waals surface area (Å²) in [5, 5.41) is 13.1. The van der Waals surface area contributed by atoms with E-state index in [-0.39, 0.29) is 55.5 Å². The van der Waals surface area contributed by atoms with Crippen LogP contribution < -0.4 is 5.32 Å². The van der Waals surface area contributed by atoms with Gasteiger partial charge in [0.1, 0.15) is 23.7 Å². The quantitative estimate of drug-likeness (QED) is 0.0725. The Morgan fingerprint density at radius 2 is 1.44 bits per heavy atom. The van der Waals surface area contributed by atoms with Crippen molar-refractivity contribution in [2.75, 3.05) is 46.3 Å². The fourth-order valence-electron chi connectivity index (χ4n) is 8.41. The third-order valence-electron chi connectivity index (χ3n) is 12.0. The maximum absolute atomic E-state index is 16.4. The van der Waals surface area contributed by atoms with Crippen LogP contribution in [0.4, 0.5) is 26.3 Å². The Hall–Kier alpha value is -5.35. The number of nitriles is 1. The molecule has 0 spiro atoms. The highest BCUT2D eigenvalue weighted by molar-refractivity contribution is 7.48. The van der Waals surface area contributed by atoms with Gasteiger partial charge in [0.2, 0.25) is 11.8 Å². The van der Waals surface area contributed by atoms with Crippen LogP contribution in [0.25, 0.3) is 10.8 Å². The molecular formula is C47H54F6N5O9P. The second-order valence-electron chi connectivity index (χ2n) is 19.2. The second kappa shape index (κ2) is 21.1. The number of nitrogens with zero attached hydrogens (tertiary/aromatic N) is 4. The average molecular weight is 978 g/mol. The molecule has 0 unspecified atom stereocenters. The zero-order chi connectivity index (χ0) is 49.9. The Morgan fingerprint density at radius 3 is 2.03 bits per heavy atom. The number of ether oxygens (including phenoxy) is 2. The van der Waals surface area contributed by atoms with E-state index < -0.39 is 128 Å². The smallest absolute Gasteiger partial charge is 0.340 e. The van der Waals surface area contributed by atoms with E-state index >= 15 is 8.78 Å². The Morgan fingerprint density at radius 1 is 0.824 bits per heavy atom. The van der Waals surface area contributed by atoms with Crippen molar-refractivity contribution < 1.29 is 68.8 Å². The van der Waals surface area contributed by atoms with Gasteiger partial charge in [-0.15, -0.1) is 0 Å².